The molecule has 3 atom stereocenters. The Labute approximate surface area is 332 Å². The Morgan fingerprint density at radius 2 is 1.61 bits per heavy atom. The van der Waals surface area contributed by atoms with Crippen LogP contribution in [-0.4, -0.2) is 113 Å². The zero-order valence-corrected chi connectivity index (χ0v) is 31.6. The van der Waals surface area contributed by atoms with Crippen LogP contribution in [0.15, 0.2) is 42.7 Å². The maximum Gasteiger partial charge on any atom is 0.271 e. The fraction of sp³-hybridized carbons (Fsp3) is 0.450. The summed E-state index contributed by atoms with van der Waals surface area (Å²) >= 11 is 6.14. The zero-order valence-electron chi connectivity index (χ0n) is 30.8. The molecule has 1 aliphatic carbocycles. The number of amides is 5. The van der Waals surface area contributed by atoms with Gasteiger partial charge in [0.05, 0.1) is 45.9 Å². The van der Waals surface area contributed by atoms with Crippen molar-refractivity contribution in [1.29, 1.82) is 5.26 Å². The van der Waals surface area contributed by atoms with Gasteiger partial charge < -0.3 is 19.9 Å². The summed E-state index contributed by atoms with van der Waals surface area (Å²) < 4.78 is 21.6. The first-order valence-corrected chi connectivity index (χ1v) is 19.7. The van der Waals surface area contributed by atoms with Crippen LogP contribution >= 0.6 is 11.6 Å². The highest BCUT2D eigenvalue weighted by atomic mass is 35.5. The molecule has 9 rings (SSSR count). The molecule has 5 fully saturated rings. The first-order chi connectivity index (χ1) is 27.5. The third-order valence-corrected chi connectivity index (χ3v) is 12.6. The Kier molecular flexibility index (Phi) is 9.52. The molecule has 3 aromatic rings. The number of anilines is 2. The monoisotopic (exact) mass is 795 g/mol. The van der Waals surface area contributed by atoms with Gasteiger partial charge in [-0.1, -0.05) is 11.6 Å². The van der Waals surface area contributed by atoms with Gasteiger partial charge in [-0.2, -0.15) is 5.26 Å². The minimum absolute atomic E-state index is 0.00142. The molecule has 5 aliphatic heterocycles. The predicted octanol–water partition coefficient (Wildman–Crippen LogP) is 2.92. The Morgan fingerprint density at radius 1 is 0.895 bits per heavy atom. The predicted molar refractivity (Wildman–Crippen MR) is 202 cm³/mol. The number of carbonyl (C=O) groups is 5. The van der Waals surface area contributed by atoms with E-state index < -0.39 is 35.5 Å². The Bertz CT molecular complexity index is 2210. The molecular formula is C40H39ClFN9O6. The van der Waals surface area contributed by atoms with Gasteiger partial charge in [0.25, 0.3) is 17.7 Å². The van der Waals surface area contributed by atoms with E-state index in [-0.39, 0.29) is 53.4 Å². The summed E-state index contributed by atoms with van der Waals surface area (Å²) in [4.78, 5) is 79.9. The molecular weight excluding hydrogens is 757 g/mol. The van der Waals surface area contributed by atoms with Gasteiger partial charge in [0, 0.05) is 63.8 Å². The summed E-state index contributed by atoms with van der Waals surface area (Å²) in [6.07, 6.45) is 6.28. The van der Waals surface area contributed by atoms with Gasteiger partial charge in [-0.15, -0.1) is 0 Å². The van der Waals surface area contributed by atoms with E-state index in [0.29, 0.717) is 53.1 Å². The number of ether oxygens (including phenoxy) is 1. The number of halogens is 2. The van der Waals surface area contributed by atoms with E-state index >= 15 is 4.39 Å². The molecule has 2 aromatic carbocycles. The van der Waals surface area contributed by atoms with E-state index in [1.165, 1.54) is 12.3 Å². The molecule has 6 heterocycles. The number of carbonyl (C=O) groups excluding carboxylic acids is 5. The normalized spacial score (nSPS) is 26.2. The van der Waals surface area contributed by atoms with Crippen LogP contribution in [0.5, 0.6) is 5.75 Å². The van der Waals surface area contributed by atoms with Crippen molar-refractivity contribution in [2.75, 3.05) is 49.1 Å². The van der Waals surface area contributed by atoms with Gasteiger partial charge in [0.15, 0.2) is 0 Å². The molecule has 0 spiro atoms. The molecule has 15 nitrogen and oxygen atoms in total. The van der Waals surface area contributed by atoms with Crippen molar-refractivity contribution in [2.24, 2.45) is 11.8 Å². The Balaban J connectivity index is 0.730. The van der Waals surface area contributed by atoms with Crippen molar-refractivity contribution in [1.82, 2.24) is 30.4 Å². The number of hydrogen-bond acceptors (Lipinski definition) is 12. The number of fused-ring (bicyclic) bond motifs is 2. The average Bonchev–Trinajstić information content (AvgIpc) is 3.82. The lowest BCUT2D eigenvalue weighted by Gasteiger charge is -2.45. The van der Waals surface area contributed by atoms with Gasteiger partial charge in [0.2, 0.25) is 11.8 Å². The molecule has 17 heteroatoms. The maximum atomic E-state index is 15.5. The van der Waals surface area contributed by atoms with Gasteiger partial charge in [-0.3, -0.25) is 39.1 Å². The van der Waals surface area contributed by atoms with Crippen LogP contribution in [0, 0.1) is 29.0 Å². The van der Waals surface area contributed by atoms with Gasteiger partial charge >= 0.3 is 0 Å². The molecule has 0 radical (unpaired) electrons. The number of likely N-dealkylation sites (tertiary alicyclic amines) is 1. The first-order valence-electron chi connectivity index (χ1n) is 19.3. The van der Waals surface area contributed by atoms with Gasteiger partial charge in [0.1, 0.15) is 35.2 Å². The maximum absolute atomic E-state index is 15.5. The van der Waals surface area contributed by atoms with Gasteiger partial charge in [-0.05, 0) is 68.2 Å². The van der Waals surface area contributed by atoms with Crippen LogP contribution < -0.4 is 25.2 Å². The molecule has 0 bridgehead atoms. The Hall–Kier alpha value is -5.66. The molecule has 1 saturated carbocycles. The minimum Gasteiger partial charge on any atom is -0.490 e. The van der Waals surface area contributed by atoms with Crippen LogP contribution in [0.4, 0.5) is 15.9 Å². The second-order valence-electron chi connectivity index (χ2n) is 15.8. The summed E-state index contributed by atoms with van der Waals surface area (Å²) in [6, 6.07) is 8.86. The van der Waals surface area contributed by atoms with E-state index in [9.17, 15) is 24.0 Å². The van der Waals surface area contributed by atoms with Crippen LogP contribution in [0.25, 0.3) is 0 Å². The number of nitriles is 1. The first kappa shape index (κ1) is 36.9. The molecule has 1 aromatic heterocycles. The number of benzene rings is 2. The topological polar surface area (TPSA) is 181 Å². The highest BCUT2D eigenvalue weighted by molar-refractivity contribution is 6.31. The van der Waals surface area contributed by atoms with E-state index in [1.54, 1.807) is 24.4 Å². The largest absolute Gasteiger partial charge is 0.490 e. The number of hydrogen-bond donors (Lipinski definition) is 2. The van der Waals surface area contributed by atoms with Crippen molar-refractivity contribution in [3.63, 3.8) is 0 Å². The van der Waals surface area contributed by atoms with E-state index in [4.69, 9.17) is 21.6 Å². The second kappa shape index (κ2) is 14.7. The molecule has 5 amide bonds. The van der Waals surface area contributed by atoms with Crippen molar-refractivity contribution in [2.45, 2.75) is 62.8 Å². The van der Waals surface area contributed by atoms with Crippen LogP contribution in [0.1, 0.15) is 75.3 Å². The average molecular weight is 796 g/mol. The lowest BCUT2D eigenvalue weighted by Crippen LogP contribution is -2.59. The van der Waals surface area contributed by atoms with Crippen molar-refractivity contribution < 1.29 is 33.1 Å². The van der Waals surface area contributed by atoms with Crippen molar-refractivity contribution in [3.05, 3.63) is 75.9 Å². The highest BCUT2D eigenvalue weighted by Gasteiger charge is 2.48. The molecule has 57 heavy (non-hydrogen) atoms. The number of imide groups is 2. The summed E-state index contributed by atoms with van der Waals surface area (Å²) in [5, 5.41) is 14.7. The molecule has 294 valence electrons. The molecule has 4 saturated heterocycles. The number of nitrogens with zero attached hydrogens (tertiary/aromatic N) is 7. The Morgan fingerprint density at radius 3 is 2.26 bits per heavy atom. The zero-order chi connectivity index (χ0) is 39.5. The number of nitrogens with one attached hydrogen (secondary N) is 2. The smallest absolute Gasteiger partial charge is 0.271 e. The fourth-order valence-corrected chi connectivity index (χ4v) is 9.37. The van der Waals surface area contributed by atoms with Gasteiger partial charge in [-0.25, -0.2) is 14.4 Å². The SMILES string of the molecule is N#Cc1ccc(OC2CCC(NC(=O)c3cnc(N4CC(N5CC6CN(c7cc8c(cc7F)C(=O)N(C7CCC(=O)NC7=O)C8=O)CC6C5)C4)cn3)CC2)cc1Cl. The van der Waals surface area contributed by atoms with E-state index in [2.05, 4.69) is 30.4 Å². The highest BCUT2D eigenvalue weighted by Crippen LogP contribution is 2.39. The summed E-state index contributed by atoms with van der Waals surface area (Å²) in [5.74, 6) is -1.42. The third-order valence-electron chi connectivity index (χ3n) is 12.3. The minimum atomic E-state index is -1.10. The van der Waals surface area contributed by atoms with Crippen LogP contribution in [-0.2, 0) is 9.59 Å². The fourth-order valence-electron chi connectivity index (χ4n) is 9.16. The molecule has 6 aliphatic rings. The van der Waals surface area contributed by atoms with Crippen LogP contribution in [0.2, 0.25) is 5.02 Å². The molecule has 3 unspecified atom stereocenters. The second-order valence-corrected chi connectivity index (χ2v) is 16.2. The standard InChI is InChI=1S/C40H39ClFN9O6/c41-30-9-27(4-1-21(30)12-43)57-26-5-2-24(3-6-26)46-37(53)32-13-45-35(14-44-32)50-19-25(20-50)48-15-22-17-49(18-23(22)16-48)34-11-29-28(10-31(34)42)39(55)51(40(29)56)33-7-8-36(52)47-38(33)54/h1,4,9-11,13-14,22-26,33H,2-3,5-8,15-20H2,(H,46,53)(H,47,52,54). The van der Waals surface area contributed by atoms with Crippen molar-refractivity contribution in [3.8, 4) is 11.8 Å². The summed E-state index contributed by atoms with van der Waals surface area (Å²) in [5.41, 5.74) is 0.948. The van der Waals surface area contributed by atoms with Crippen LogP contribution in [0.3, 0.4) is 0 Å². The van der Waals surface area contributed by atoms with E-state index in [1.807, 2.05) is 11.0 Å². The number of piperidine rings is 1. The summed E-state index contributed by atoms with van der Waals surface area (Å²) in [7, 11) is 0. The molecule has 2 N–H and O–H groups in total. The quantitative estimate of drug-likeness (QED) is 0.319. The number of rotatable bonds is 8. The van der Waals surface area contributed by atoms with Crippen molar-refractivity contribution >= 4 is 52.6 Å². The third kappa shape index (κ3) is 6.92. The van der Waals surface area contributed by atoms with E-state index in [0.717, 1.165) is 62.8 Å². The lowest BCUT2D eigenvalue weighted by atomic mass is 9.93. The summed E-state index contributed by atoms with van der Waals surface area (Å²) in [6.45, 7) is 4.51. The number of aromatic nitrogens is 2. The lowest BCUT2D eigenvalue weighted by molar-refractivity contribution is -0.136.